The largest absolute Gasteiger partial charge is 0.322 e. The smallest absolute Gasteiger partial charge is 0.255 e. The van der Waals surface area contributed by atoms with Crippen LogP contribution < -0.4 is 10.0 Å². The van der Waals surface area contributed by atoms with Crippen molar-refractivity contribution in [2.45, 2.75) is 38.1 Å². The highest BCUT2D eigenvalue weighted by atomic mass is 32.2. The molecule has 0 spiro atoms. The molecule has 0 atom stereocenters. The van der Waals surface area contributed by atoms with Gasteiger partial charge in [0.25, 0.3) is 5.91 Å². The van der Waals surface area contributed by atoms with Crippen LogP contribution in [0.25, 0.3) is 0 Å². The lowest BCUT2D eigenvalue weighted by Gasteiger charge is -2.21. The van der Waals surface area contributed by atoms with Gasteiger partial charge in [0, 0.05) is 30.0 Å². The Labute approximate surface area is 178 Å². The van der Waals surface area contributed by atoms with Crippen LogP contribution in [0.1, 0.15) is 37.6 Å². The summed E-state index contributed by atoms with van der Waals surface area (Å²) >= 11 is 0. The van der Waals surface area contributed by atoms with E-state index in [0.717, 1.165) is 0 Å². The Morgan fingerprint density at radius 3 is 1.97 bits per heavy atom. The van der Waals surface area contributed by atoms with Gasteiger partial charge in [-0.25, -0.2) is 16.8 Å². The summed E-state index contributed by atoms with van der Waals surface area (Å²) in [6.07, 6.45) is 0.511. The fourth-order valence-electron chi connectivity index (χ4n) is 2.55. The van der Waals surface area contributed by atoms with Crippen LogP contribution >= 0.6 is 0 Å². The molecular weight excluding hydrogens is 426 g/mol. The lowest BCUT2D eigenvalue weighted by atomic mass is 10.2. The first-order valence-corrected chi connectivity index (χ1v) is 12.6. The van der Waals surface area contributed by atoms with Gasteiger partial charge in [-0.05, 0) is 68.8 Å². The highest BCUT2D eigenvalue weighted by Crippen LogP contribution is 2.19. The summed E-state index contributed by atoms with van der Waals surface area (Å²) in [5, 5.41) is 2.70. The van der Waals surface area contributed by atoms with Gasteiger partial charge in [0.2, 0.25) is 20.0 Å². The highest BCUT2D eigenvalue weighted by Gasteiger charge is 2.23. The molecule has 2 aromatic carbocycles. The monoisotopic (exact) mass is 453 g/mol. The van der Waals surface area contributed by atoms with Gasteiger partial charge in [0.1, 0.15) is 0 Å². The standard InChI is InChI=1S/C20H27N3O5S2/c1-5-14-29(25,26)22-18-10-8-17(9-11-18)21-20(24)16-6-12-19(13-7-16)30(27,28)23(4)15(2)3/h6-13,15,22H,5,14H2,1-4H3,(H,21,24). The number of sulfonamides is 2. The Bertz CT molecular complexity index is 1080. The molecule has 1 amide bonds. The van der Waals surface area contributed by atoms with Crippen LogP contribution in [0.4, 0.5) is 11.4 Å². The van der Waals surface area contributed by atoms with Crippen LogP contribution in [-0.4, -0.2) is 45.9 Å². The third-order valence-electron chi connectivity index (χ3n) is 4.41. The molecule has 0 aliphatic rings. The minimum atomic E-state index is -3.62. The molecule has 0 saturated heterocycles. The number of nitrogens with one attached hydrogen (secondary N) is 2. The van der Waals surface area contributed by atoms with E-state index in [0.29, 0.717) is 23.4 Å². The maximum Gasteiger partial charge on any atom is 0.255 e. The van der Waals surface area contributed by atoms with Gasteiger partial charge in [0.15, 0.2) is 0 Å². The fourth-order valence-corrected chi connectivity index (χ4v) is 5.05. The number of benzene rings is 2. The van der Waals surface area contributed by atoms with Gasteiger partial charge in [-0.2, -0.15) is 4.31 Å². The lowest BCUT2D eigenvalue weighted by Crippen LogP contribution is -2.33. The third kappa shape index (κ3) is 6.04. The van der Waals surface area contributed by atoms with Crippen molar-refractivity contribution in [2.75, 3.05) is 22.8 Å². The van der Waals surface area contributed by atoms with Crippen molar-refractivity contribution in [3.05, 3.63) is 54.1 Å². The van der Waals surface area contributed by atoms with E-state index >= 15 is 0 Å². The Morgan fingerprint density at radius 2 is 1.47 bits per heavy atom. The van der Waals surface area contributed by atoms with E-state index in [2.05, 4.69) is 10.0 Å². The molecule has 2 aromatic rings. The van der Waals surface area contributed by atoms with Gasteiger partial charge < -0.3 is 5.32 Å². The molecular formula is C20H27N3O5S2. The Kier molecular flexibility index (Phi) is 7.62. The quantitative estimate of drug-likeness (QED) is 0.606. The Hall–Kier alpha value is -2.43. The van der Waals surface area contributed by atoms with Gasteiger partial charge >= 0.3 is 0 Å². The zero-order valence-corrected chi connectivity index (χ0v) is 19.0. The minimum absolute atomic E-state index is 0.0319. The van der Waals surface area contributed by atoms with Crippen molar-refractivity contribution in [3.63, 3.8) is 0 Å². The van der Waals surface area contributed by atoms with Crippen molar-refractivity contribution in [1.82, 2.24) is 4.31 Å². The van der Waals surface area contributed by atoms with E-state index in [4.69, 9.17) is 0 Å². The summed E-state index contributed by atoms with van der Waals surface area (Å²) in [7, 11) is -5.49. The number of hydrogen-bond acceptors (Lipinski definition) is 5. The SMILES string of the molecule is CCCS(=O)(=O)Nc1ccc(NC(=O)c2ccc(S(=O)(=O)N(C)C(C)C)cc2)cc1. The number of hydrogen-bond donors (Lipinski definition) is 2. The molecule has 164 valence electrons. The van der Waals surface area contributed by atoms with Crippen LogP contribution in [0, 0.1) is 0 Å². The molecule has 0 unspecified atom stereocenters. The zero-order chi connectivity index (χ0) is 22.5. The molecule has 2 rings (SSSR count). The van der Waals surface area contributed by atoms with Crippen molar-refractivity contribution in [3.8, 4) is 0 Å². The van der Waals surface area contributed by atoms with Gasteiger partial charge in [-0.3, -0.25) is 9.52 Å². The lowest BCUT2D eigenvalue weighted by molar-refractivity contribution is 0.102. The topological polar surface area (TPSA) is 113 Å². The molecule has 30 heavy (non-hydrogen) atoms. The number of rotatable bonds is 9. The molecule has 0 fully saturated rings. The van der Waals surface area contributed by atoms with Crippen molar-refractivity contribution in [2.24, 2.45) is 0 Å². The van der Waals surface area contributed by atoms with E-state index in [9.17, 15) is 21.6 Å². The summed E-state index contributed by atoms with van der Waals surface area (Å²) in [6.45, 7) is 5.33. The maximum atomic E-state index is 12.5. The van der Waals surface area contributed by atoms with E-state index in [1.165, 1.54) is 35.6 Å². The van der Waals surface area contributed by atoms with Crippen LogP contribution in [0.5, 0.6) is 0 Å². The minimum Gasteiger partial charge on any atom is -0.322 e. The molecule has 0 bridgehead atoms. The van der Waals surface area contributed by atoms with Crippen LogP contribution in [0.3, 0.4) is 0 Å². The average Bonchev–Trinajstić information content (AvgIpc) is 2.68. The van der Waals surface area contributed by atoms with Crippen molar-refractivity contribution >= 4 is 37.3 Å². The Balaban J connectivity index is 2.08. The molecule has 0 aliphatic carbocycles. The molecule has 2 N–H and O–H groups in total. The van der Waals surface area contributed by atoms with Crippen LogP contribution in [-0.2, 0) is 20.0 Å². The second-order valence-electron chi connectivity index (χ2n) is 7.09. The summed E-state index contributed by atoms with van der Waals surface area (Å²) in [5.74, 6) is -0.375. The van der Waals surface area contributed by atoms with Gasteiger partial charge in [-0.15, -0.1) is 0 Å². The number of carbonyl (C=O) groups excluding carboxylic acids is 1. The third-order valence-corrected chi connectivity index (χ3v) is 7.95. The fraction of sp³-hybridized carbons (Fsp3) is 0.350. The molecule has 0 radical (unpaired) electrons. The molecule has 0 aromatic heterocycles. The Morgan fingerprint density at radius 1 is 0.933 bits per heavy atom. The number of nitrogens with zero attached hydrogens (tertiary/aromatic N) is 1. The second kappa shape index (κ2) is 9.59. The van der Waals surface area contributed by atoms with Gasteiger partial charge in [0.05, 0.1) is 10.6 Å². The first-order valence-electron chi connectivity index (χ1n) is 9.46. The summed E-state index contributed by atoms with van der Waals surface area (Å²) in [4.78, 5) is 12.5. The van der Waals surface area contributed by atoms with E-state index in [1.54, 1.807) is 45.0 Å². The summed E-state index contributed by atoms with van der Waals surface area (Å²) in [6, 6.07) is 11.8. The van der Waals surface area contributed by atoms with E-state index in [-0.39, 0.29) is 16.7 Å². The van der Waals surface area contributed by atoms with E-state index < -0.39 is 26.0 Å². The predicted octanol–water partition coefficient (Wildman–Crippen LogP) is 3.12. The summed E-state index contributed by atoms with van der Waals surface area (Å²) < 4.78 is 52.3. The molecule has 10 heteroatoms. The van der Waals surface area contributed by atoms with Crippen molar-refractivity contribution in [1.29, 1.82) is 0 Å². The van der Waals surface area contributed by atoms with E-state index in [1.807, 2.05) is 0 Å². The zero-order valence-electron chi connectivity index (χ0n) is 17.4. The predicted molar refractivity (Wildman–Crippen MR) is 119 cm³/mol. The van der Waals surface area contributed by atoms with Gasteiger partial charge in [-0.1, -0.05) is 6.92 Å². The van der Waals surface area contributed by atoms with Crippen molar-refractivity contribution < 1.29 is 21.6 Å². The molecule has 0 heterocycles. The first kappa shape index (κ1) is 23.8. The number of amides is 1. The maximum absolute atomic E-state index is 12.5. The molecule has 8 nitrogen and oxygen atoms in total. The van der Waals surface area contributed by atoms with Crippen LogP contribution in [0.2, 0.25) is 0 Å². The average molecular weight is 454 g/mol. The normalized spacial score (nSPS) is 12.2. The highest BCUT2D eigenvalue weighted by molar-refractivity contribution is 7.92. The first-order chi connectivity index (χ1) is 14.0. The molecule has 0 aliphatic heterocycles. The number of anilines is 2. The number of carbonyl (C=O) groups is 1. The second-order valence-corrected chi connectivity index (χ2v) is 10.9. The summed E-state index contributed by atoms with van der Waals surface area (Å²) in [5.41, 5.74) is 1.19. The van der Waals surface area contributed by atoms with Crippen LogP contribution in [0.15, 0.2) is 53.4 Å². The molecule has 0 saturated carbocycles.